The average molecular weight is 498 g/mol. The predicted octanol–water partition coefficient (Wildman–Crippen LogP) is 8.21. The zero-order chi connectivity index (χ0) is 25.4. The van der Waals surface area contributed by atoms with Gasteiger partial charge < -0.3 is 19.5 Å². The molecule has 2 aromatic rings. The van der Waals surface area contributed by atoms with Gasteiger partial charge in [-0.05, 0) is 68.5 Å². The van der Waals surface area contributed by atoms with E-state index in [0.29, 0.717) is 13.2 Å². The van der Waals surface area contributed by atoms with Crippen LogP contribution >= 0.6 is 0 Å². The zero-order valence-corrected chi connectivity index (χ0v) is 22.4. The van der Waals surface area contributed by atoms with Crippen LogP contribution in [0, 0.1) is 11.7 Å². The van der Waals surface area contributed by atoms with Crippen LogP contribution in [0.15, 0.2) is 42.5 Å². The number of unbranched alkanes of at least 4 members (excludes halogenated alkanes) is 2. The Labute approximate surface area is 216 Å². The molecule has 0 spiro atoms. The Morgan fingerprint density at radius 3 is 2.61 bits per heavy atom. The third kappa shape index (κ3) is 7.23. The fourth-order valence-corrected chi connectivity index (χ4v) is 5.56. The summed E-state index contributed by atoms with van der Waals surface area (Å²) >= 11 is 0. The normalized spacial score (nSPS) is 21.6. The van der Waals surface area contributed by atoms with Crippen LogP contribution in [0.1, 0.15) is 95.8 Å². The van der Waals surface area contributed by atoms with Gasteiger partial charge in [0.05, 0.1) is 0 Å². The van der Waals surface area contributed by atoms with E-state index in [9.17, 15) is 4.39 Å². The highest BCUT2D eigenvalue weighted by molar-refractivity contribution is 5.53. The fourth-order valence-electron chi connectivity index (χ4n) is 5.56. The van der Waals surface area contributed by atoms with Crippen molar-refractivity contribution in [3.05, 3.63) is 59.4 Å². The van der Waals surface area contributed by atoms with E-state index in [1.54, 1.807) is 12.1 Å². The second kappa shape index (κ2) is 12.9. The van der Waals surface area contributed by atoms with E-state index in [1.165, 1.54) is 44.6 Å². The molecule has 1 aliphatic carbocycles. The molecule has 0 bridgehead atoms. The Hall–Kier alpha value is -2.11. The van der Waals surface area contributed by atoms with E-state index in [-0.39, 0.29) is 18.0 Å². The number of ether oxygens (including phenoxy) is 3. The van der Waals surface area contributed by atoms with Crippen molar-refractivity contribution >= 4 is 5.69 Å². The highest BCUT2D eigenvalue weighted by Crippen LogP contribution is 2.44. The maximum absolute atomic E-state index is 13.6. The third-order valence-corrected chi connectivity index (χ3v) is 7.63. The van der Waals surface area contributed by atoms with Crippen molar-refractivity contribution in [2.24, 2.45) is 5.92 Å². The molecule has 2 atom stereocenters. The molecule has 4 rings (SSSR count). The van der Waals surface area contributed by atoms with Crippen molar-refractivity contribution < 1.29 is 18.6 Å². The summed E-state index contributed by atoms with van der Waals surface area (Å²) in [7, 11) is 0. The van der Waals surface area contributed by atoms with Gasteiger partial charge >= 0.3 is 0 Å². The fraction of sp³-hybridized carbons (Fsp3) is 0.613. The van der Waals surface area contributed by atoms with Gasteiger partial charge in [0.1, 0.15) is 29.4 Å². The van der Waals surface area contributed by atoms with Crippen LogP contribution in [0.2, 0.25) is 0 Å². The first-order chi connectivity index (χ1) is 17.5. The number of nitrogens with one attached hydrogen (secondary N) is 1. The first-order valence-electron chi connectivity index (χ1n) is 14.0. The highest BCUT2D eigenvalue weighted by Gasteiger charge is 2.45. The summed E-state index contributed by atoms with van der Waals surface area (Å²) in [4.78, 5) is 0. The van der Waals surface area contributed by atoms with Crippen LogP contribution < -0.4 is 10.1 Å². The van der Waals surface area contributed by atoms with Crippen molar-refractivity contribution in [2.75, 3.05) is 18.5 Å². The van der Waals surface area contributed by atoms with Crippen LogP contribution in [0.5, 0.6) is 5.75 Å². The number of rotatable bonds is 12. The minimum atomic E-state index is -0.495. The van der Waals surface area contributed by atoms with Gasteiger partial charge in [0, 0.05) is 31.0 Å². The van der Waals surface area contributed by atoms with E-state index in [4.69, 9.17) is 14.2 Å². The Bertz CT molecular complexity index is 957. The van der Waals surface area contributed by atoms with E-state index in [0.717, 1.165) is 54.4 Å². The number of benzene rings is 2. The lowest BCUT2D eigenvalue weighted by molar-refractivity contribution is -0.163. The van der Waals surface area contributed by atoms with E-state index in [1.807, 2.05) is 18.2 Å². The molecule has 1 heterocycles. The molecular formula is C31H44FNO3. The lowest BCUT2D eigenvalue weighted by atomic mass is 9.86. The maximum Gasteiger partial charge on any atom is 0.132 e. The smallest absolute Gasteiger partial charge is 0.132 e. The summed E-state index contributed by atoms with van der Waals surface area (Å²) in [5.74, 6) is 1.41. The molecule has 1 aliphatic heterocycles. The summed E-state index contributed by atoms with van der Waals surface area (Å²) in [5.41, 5.74) is 2.41. The molecule has 1 N–H and O–H groups in total. The number of hydrogen-bond donors (Lipinski definition) is 1. The van der Waals surface area contributed by atoms with Gasteiger partial charge in [-0.2, -0.15) is 0 Å². The number of hydrogen-bond acceptors (Lipinski definition) is 4. The Kier molecular flexibility index (Phi) is 9.66. The molecule has 1 fully saturated rings. The predicted molar refractivity (Wildman–Crippen MR) is 144 cm³/mol. The topological polar surface area (TPSA) is 39.7 Å². The molecule has 2 aromatic carbocycles. The van der Waals surface area contributed by atoms with Gasteiger partial charge in [0.15, 0.2) is 0 Å². The van der Waals surface area contributed by atoms with E-state index < -0.39 is 5.60 Å². The number of fused-ring (bicyclic) bond motifs is 1. The standard InChI is InChI=1S/C31H44FNO3/c1-4-5-9-18-35-30-29(34-19-17-23-11-7-6-8-12-23)27-21-26(15-16-28(27)36-31(30,2)3)33-22-24-13-10-14-25(32)20-24/h10,13-16,20-21,23,29-30,33H,4-9,11-12,17-19,22H2,1-3H3. The molecule has 36 heavy (non-hydrogen) atoms. The lowest BCUT2D eigenvalue weighted by Crippen LogP contribution is -2.51. The summed E-state index contributed by atoms with van der Waals surface area (Å²) in [6.07, 6.45) is 10.8. The Balaban J connectivity index is 1.51. The summed E-state index contributed by atoms with van der Waals surface area (Å²) in [6.45, 7) is 8.41. The van der Waals surface area contributed by atoms with Crippen LogP contribution in [0.3, 0.4) is 0 Å². The van der Waals surface area contributed by atoms with E-state index in [2.05, 4.69) is 32.2 Å². The first-order valence-corrected chi connectivity index (χ1v) is 14.0. The monoisotopic (exact) mass is 497 g/mol. The summed E-state index contributed by atoms with van der Waals surface area (Å²) in [5, 5.41) is 3.44. The van der Waals surface area contributed by atoms with Crippen molar-refractivity contribution in [2.45, 2.75) is 103 Å². The summed E-state index contributed by atoms with van der Waals surface area (Å²) in [6, 6.07) is 12.9. The zero-order valence-electron chi connectivity index (χ0n) is 22.4. The minimum Gasteiger partial charge on any atom is -0.485 e. The molecular weight excluding hydrogens is 453 g/mol. The van der Waals surface area contributed by atoms with Crippen LogP contribution in [-0.4, -0.2) is 24.9 Å². The molecule has 2 aliphatic rings. The van der Waals surface area contributed by atoms with Gasteiger partial charge in [-0.1, -0.05) is 64.0 Å². The second-order valence-corrected chi connectivity index (χ2v) is 11.0. The van der Waals surface area contributed by atoms with Gasteiger partial charge in [0.25, 0.3) is 0 Å². The summed E-state index contributed by atoms with van der Waals surface area (Å²) < 4.78 is 33.2. The second-order valence-electron chi connectivity index (χ2n) is 11.0. The van der Waals surface area contributed by atoms with Crippen molar-refractivity contribution in [3.63, 3.8) is 0 Å². The van der Waals surface area contributed by atoms with Gasteiger partial charge in [0.2, 0.25) is 0 Å². The molecule has 0 aromatic heterocycles. The molecule has 1 saturated carbocycles. The van der Waals surface area contributed by atoms with Crippen LogP contribution in [0.4, 0.5) is 10.1 Å². The van der Waals surface area contributed by atoms with Crippen molar-refractivity contribution in [1.29, 1.82) is 0 Å². The van der Waals surface area contributed by atoms with Gasteiger partial charge in [-0.3, -0.25) is 0 Å². The SMILES string of the molecule is CCCCCOC1C(OCCC2CCCCC2)c2cc(NCc3cccc(F)c3)ccc2OC1(C)C. The quantitative estimate of drug-likeness (QED) is 0.300. The molecule has 0 amide bonds. The number of halogens is 1. The van der Waals surface area contributed by atoms with Crippen LogP contribution in [-0.2, 0) is 16.0 Å². The van der Waals surface area contributed by atoms with Crippen molar-refractivity contribution in [3.8, 4) is 5.75 Å². The largest absolute Gasteiger partial charge is 0.485 e. The maximum atomic E-state index is 13.6. The average Bonchev–Trinajstić information content (AvgIpc) is 2.87. The number of anilines is 1. The van der Waals surface area contributed by atoms with Crippen LogP contribution in [0.25, 0.3) is 0 Å². The van der Waals surface area contributed by atoms with Gasteiger partial charge in [-0.15, -0.1) is 0 Å². The molecule has 5 heteroatoms. The van der Waals surface area contributed by atoms with Crippen molar-refractivity contribution in [1.82, 2.24) is 0 Å². The molecule has 0 saturated heterocycles. The van der Waals surface area contributed by atoms with Gasteiger partial charge in [-0.25, -0.2) is 4.39 Å². The Morgan fingerprint density at radius 2 is 1.83 bits per heavy atom. The minimum absolute atomic E-state index is 0.188. The van der Waals surface area contributed by atoms with E-state index >= 15 is 0 Å². The molecule has 4 nitrogen and oxygen atoms in total. The third-order valence-electron chi connectivity index (χ3n) is 7.63. The highest BCUT2D eigenvalue weighted by atomic mass is 19.1. The Morgan fingerprint density at radius 1 is 1.00 bits per heavy atom. The lowest BCUT2D eigenvalue weighted by Gasteiger charge is -2.44. The first kappa shape index (κ1) is 26.9. The molecule has 0 radical (unpaired) electrons. The molecule has 2 unspecified atom stereocenters. The molecule has 198 valence electrons.